The van der Waals surface area contributed by atoms with Crippen LogP contribution in [0.4, 0.5) is 0 Å². The predicted octanol–water partition coefficient (Wildman–Crippen LogP) is 3.44. The van der Waals surface area contributed by atoms with Crippen molar-refractivity contribution in [3.05, 3.63) is 71.0 Å². The van der Waals surface area contributed by atoms with Crippen LogP contribution >= 0.6 is 11.6 Å². The standard InChI is InChI=1S/C24H23ClN6O3S/c1-15-12-26-16(2)9-20(15)18-13-27-23(28-14-18)24(32)30-5-7-31(8-6-30)35(33,34)22-11-17-10-19(25)3-4-21(17)29-22/h3-4,9-14,29H,5-8H2,1-2H3. The minimum absolute atomic E-state index is 0.0842. The molecule has 0 unspecified atom stereocenters. The Morgan fingerprint density at radius 2 is 1.69 bits per heavy atom. The molecule has 11 heteroatoms. The number of rotatable bonds is 4. The van der Waals surface area contributed by atoms with E-state index < -0.39 is 10.0 Å². The molecule has 35 heavy (non-hydrogen) atoms. The van der Waals surface area contributed by atoms with E-state index in [2.05, 4.69) is 19.9 Å². The average molecular weight is 511 g/mol. The van der Waals surface area contributed by atoms with Crippen molar-refractivity contribution in [1.29, 1.82) is 0 Å². The number of benzene rings is 1. The van der Waals surface area contributed by atoms with E-state index in [1.807, 2.05) is 19.9 Å². The highest BCUT2D eigenvalue weighted by Crippen LogP contribution is 2.25. The number of aromatic nitrogens is 4. The second kappa shape index (κ2) is 9.03. The maximum Gasteiger partial charge on any atom is 0.291 e. The number of pyridine rings is 1. The van der Waals surface area contributed by atoms with Crippen LogP contribution in [0.25, 0.3) is 22.0 Å². The molecule has 0 bridgehead atoms. The summed E-state index contributed by atoms with van der Waals surface area (Å²) in [5, 5.41) is 1.37. The van der Waals surface area contributed by atoms with Crippen LogP contribution in [-0.4, -0.2) is 69.6 Å². The first-order chi connectivity index (χ1) is 16.7. The molecule has 5 rings (SSSR count). The second-order valence-corrected chi connectivity index (χ2v) is 10.8. The molecule has 1 aliphatic rings. The van der Waals surface area contributed by atoms with Gasteiger partial charge in [0.2, 0.25) is 5.82 Å². The molecule has 0 radical (unpaired) electrons. The number of piperazine rings is 1. The third-order valence-electron chi connectivity index (χ3n) is 6.10. The summed E-state index contributed by atoms with van der Waals surface area (Å²) in [7, 11) is -3.73. The molecule has 0 aliphatic carbocycles. The molecule has 180 valence electrons. The molecule has 4 aromatic rings. The van der Waals surface area contributed by atoms with E-state index in [1.54, 1.807) is 47.8 Å². The highest BCUT2D eigenvalue weighted by atomic mass is 35.5. The van der Waals surface area contributed by atoms with Crippen molar-refractivity contribution in [2.45, 2.75) is 18.9 Å². The molecule has 0 saturated carbocycles. The molecule has 1 N–H and O–H groups in total. The van der Waals surface area contributed by atoms with Crippen LogP contribution in [0, 0.1) is 13.8 Å². The molecular formula is C24H23ClN6O3S. The van der Waals surface area contributed by atoms with E-state index in [0.717, 1.165) is 27.8 Å². The Labute approximate surface area is 207 Å². The summed E-state index contributed by atoms with van der Waals surface area (Å²) in [4.78, 5) is 30.3. The van der Waals surface area contributed by atoms with Crippen LogP contribution in [0.3, 0.4) is 0 Å². The van der Waals surface area contributed by atoms with Crippen LogP contribution in [0.5, 0.6) is 0 Å². The number of nitrogens with zero attached hydrogens (tertiary/aromatic N) is 5. The van der Waals surface area contributed by atoms with E-state index >= 15 is 0 Å². The number of hydrogen-bond acceptors (Lipinski definition) is 6. The highest BCUT2D eigenvalue weighted by molar-refractivity contribution is 7.89. The summed E-state index contributed by atoms with van der Waals surface area (Å²) in [6.45, 7) is 4.72. The molecule has 1 amide bonds. The summed E-state index contributed by atoms with van der Waals surface area (Å²) in [5.74, 6) is -0.238. The molecule has 1 saturated heterocycles. The number of hydrogen-bond donors (Lipinski definition) is 1. The van der Waals surface area contributed by atoms with Gasteiger partial charge in [0.05, 0.1) is 0 Å². The first kappa shape index (κ1) is 23.4. The van der Waals surface area contributed by atoms with Crippen molar-refractivity contribution in [2.24, 2.45) is 0 Å². The van der Waals surface area contributed by atoms with Gasteiger partial charge in [-0.2, -0.15) is 4.31 Å². The summed E-state index contributed by atoms with van der Waals surface area (Å²) < 4.78 is 27.7. The number of amides is 1. The van der Waals surface area contributed by atoms with Crippen molar-refractivity contribution < 1.29 is 13.2 Å². The second-order valence-electron chi connectivity index (χ2n) is 8.50. The predicted molar refractivity (Wildman–Crippen MR) is 133 cm³/mol. The average Bonchev–Trinajstić information content (AvgIpc) is 3.29. The van der Waals surface area contributed by atoms with Gasteiger partial charge in [-0.3, -0.25) is 9.78 Å². The first-order valence-corrected chi connectivity index (χ1v) is 12.9. The van der Waals surface area contributed by atoms with Crippen LogP contribution < -0.4 is 0 Å². The fourth-order valence-corrected chi connectivity index (χ4v) is 5.76. The van der Waals surface area contributed by atoms with Gasteiger partial charge in [-0.25, -0.2) is 18.4 Å². The van der Waals surface area contributed by atoms with Crippen molar-refractivity contribution in [3.63, 3.8) is 0 Å². The lowest BCUT2D eigenvalue weighted by Gasteiger charge is -2.33. The van der Waals surface area contributed by atoms with Gasteiger partial charge in [-0.1, -0.05) is 11.6 Å². The van der Waals surface area contributed by atoms with E-state index in [1.165, 1.54) is 4.31 Å². The Kier molecular flexibility index (Phi) is 6.04. The van der Waals surface area contributed by atoms with Gasteiger partial charge in [0.25, 0.3) is 15.9 Å². The summed E-state index contributed by atoms with van der Waals surface area (Å²) in [6.07, 6.45) is 5.05. The van der Waals surface area contributed by atoms with E-state index in [0.29, 0.717) is 10.5 Å². The number of halogens is 1. The minimum Gasteiger partial charge on any atom is -0.345 e. The normalized spacial score (nSPS) is 15.0. The van der Waals surface area contributed by atoms with Gasteiger partial charge in [0, 0.05) is 72.0 Å². The minimum atomic E-state index is -3.73. The number of fused-ring (bicyclic) bond motifs is 1. The fraction of sp³-hybridized carbons (Fsp3) is 0.250. The zero-order valence-electron chi connectivity index (χ0n) is 19.2. The SMILES string of the molecule is Cc1cc(-c2cnc(C(=O)N3CCN(S(=O)(=O)c4cc5cc(Cl)ccc5[nH]4)CC3)nc2)c(C)cn1. The zero-order valence-corrected chi connectivity index (χ0v) is 20.8. The maximum absolute atomic E-state index is 13.1. The number of aryl methyl sites for hydroxylation is 2. The molecule has 3 aromatic heterocycles. The molecular weight excluding hydrogens is 488 g/mol. The largest absolute Gasteiger partial charge is 0.345 e. The third-order valence-corrected chi connectivity index (χ3v) is 8.15. The van der Waals surface area contributed by atoms with Crippen LogP contribution in [0.15, 0.2) is 53.9 Å². The topological polar surface area (TPSA) is 112 Å². The Hall–Kier alpha value is -3.34. The molecule has 4 heterocycles. The van der Waals surface area contributed by atoms with Crippen LogP contribution in [0.1, 0.15) is 21.9 Å². The van der Waals surface area contributed by atoms with E-state index in [9.17, 15) is 13.2 Å². The van der Waals surface area contributed by atoms with Gasteiger partial charge in [-0.15, -0.1) is 0 Å². The van der Waals surface area contributed by atoms with E-state index in [-0.39, 0.29) is 42.9 Å². The van der Waals surface area contributed by atoms with Crippen molar-refractivity contribution in [1.82, 2.24) is 29.1 Å². The molecule has 9 nitrogen and oxygen atoms in total. The smallest absolute Gasteiger partial charge is 0.291 e. The third kappa shape index (κ3) is 4.52. The lowest BCUT2D eigenvalue weighted by Crippen LogP contribution is -2.50. The Morgan fingerprint density at radius 1 is 0.971 bits per heavy atom. The Bertz CT molecular complexity index is 1530. The zero-order chi connectivity index (χ0) is 24.7. The number of carbonyl (C=O) groups is 1. The van der Waals surface area contributed by atoms with E-state index in [4.69, 9.17) is 11.6 Å². The molecule has 0 atom stereocenters. The first-order valence-electron chi connectivity index (χ1n) is 11.1. The number of aromatic amines is 1. The summed E-state index contributed by atoms with van der Waals surface area (Å²) in [5.41, 5.74) is 4.35. The summed E-state index contributed by atoms with van der Waals surface area (Å²) >= 11 is 6.02. The molecule has 1 aliphatic heterocycles. The van der Waals surface area contributed by atoms with Gasteiger partial charge < -0.3 is 9.88 Å². The molecule has 1 aromatic carbocycles. The van der Waals surface area contributed by atoms with Gasteiger partial charge >= 0.3 is 0 Å². The Morgan fingerprint density at radius 3 is 2.40 bits per heavy atom. The fourth-order valence-electron chi connectivity index (χ4n) is 4.14. The van der Waals surface area contributed by atoms with Crippen molar-refractivity contribution in [2.75, 3.05) is 26.2 Å². The van der Waals surface area contributed by atoms with Crippen LogP contribution in [-0.2, 0) is 10.0 Å². The number of nitrogens with one attached hydrogen (secondary N) is 1. The molecule has 0 spiro atoms. The Balaban J connectivity index is 1.27. The van der Waals surface area contributed by atoms with Gasteiger partial charge in [0.1, 0.15) is 5.03 Å². The van der Waals surface area contributed by atoms with Gasteiger partial charge in [-0.05, 0) is 55.3 Å². The number of carbonyl (C=O) groups excluding carboxylic acids is 1. The van der Waals surface area contributed by atoms with Crippen molar-refractivity contribution >= 4 is 38.4 Å². The highest BCUT2D eigenvalue weighted by Gasteiger charge is 2.32. The monoisotopic (exact) mass is 510 g/mol. The number of sulfonamides is 1. The van der Waals surface area contributed by atoms with Crippen LogP contribution in [0.2, 0.25) is 5.02 Å². The lowest BCUT2D eigenvalue weighted by atomic mass is 10.0. The van der Waals surface area contributed by atoms with Crippen molar-refractivity contribution in [3.8, 4) is 11.1 Å². The number of H-pyrrole nitrogens is 1. The maximum atomic E-state index is 13.1. The van der Waals surface area contributed by atoms with Gasteiger partial charge in [0.15, 0.2) is 0 Å². The summed E-state index contributed by atoms with van der Waals surface area (Å²) in [6, 6.07) is 8.70. The quantitative estimate of drug-likeness (QED) is 0.450. The lowest BCUT2D eigenvalue weighted by molar-refractivity contribution is 0.0685. The molecule has 1 fully saturated rings.